The maximum absolute atomic E-state index is 11.8. The highest BCUT2D eigenvalue weighted by atomic mass is 79.9. The minimum absolute atomic E-state index is 0.326. The fourth-order valence-corrected chi connectivity index (χ4v) is 2.57. The Balaban J connectivity index is 2.01. The molecule has 2 aromatic carbocycles. The summed E-state index contributed by atoms with van der Waals surface area (Å²) in [5.74, 6) is -0.185. The number of hydrogen-bond donors (Lipinski definition) is 1. The number of imide groups is 1. The molecule has 0 atom stereocenters. The molecule has 2 rings (SSSR count). The first kappa shape index (κ1) is 14.7. The van der Waals surface area contributed by atoms with Crippen LogP contribution in [-0.2, 0) is 0 Å². The fourth-order valence-electron chi connectivity index (χ4n) is 1.44. The van der Waals surface area contributed by atoms with Gasteiger partial charge < -0.3 is 4.74 Å². The summed E-state index contributed by atoms with van der Waals surface area (Å²) in [6.07, 6.45) is -0.832. The third kappa shape index (κ3) is 3.91. The maximum Gasteiger partial charge on any atom is 0.419 e. The minimum atomic E-state index is -0.832. The molecule has 0 radical (unpaired) electrons. The molecule has 4 nitrogen and oxygen atoms in total. The highest BCUT2D eigenvalue weighted by Crippen LogP contribution is 2.28. The Kier molecular flexibility index (Phi) is 4.92. The van der Waals surface area contributed by atoms with Gasteiger partial charge in [-0.3, -0.25) is 10.1 Å². The topological polar surface area (TPSA) is 55.4 Å². The Bertz CT molecular complexity index is 644. The Morgan fingerprint density at radius 1 is 1.00 bits per heavy atom. The molecule has 2 amide bonds. The van der Waals surface area contributed by atoms with Crippen molar-refractivity contribution in [2.45, 2.75) is 0 Å². The zero-order valence-electron chi connectivity index (χ0n) is 10.1. The van der Waals surface area contributed by atoms with Gasteiger partial charge in [0.05, 0.1) is 4.47 Å². The highest BCUT2D eigenvalue weighted by Gasteiger charge is 2.13. The lowest BCUT2D eigenvalue weighted by atomic mass is 10.2. The molecule has 0 unspecified atom stereocenters. The van der Waals surface area contributed by atoms with Crippen molar-refractivity contribution in [3.8, 4) is 5.75 Å². The third-order valence-electron chi connectivity index (χ3n) is 2.35. The van der Waals surface area contributed by atoms with Gasteiger partial charge in [0.2, 0.25) is 0 Å². The molecule has 0 bridgehead atoms. The van der Waals surface area contributed by atoms with E-state index in [0.717, 1.165) is 4.47 Å². The molecule has 0 aliphatic rings. The summed E-state index contributed by atoms with van der Waals surface area (Å²) in [6, 6.07) is 13.5. The van der Waals surface area contributed by atoms with Crippen molar-refractivity contribution in [1.82, 2.24) is 5.32 Å². The number of nitrogens with one attached hydrogen (secondary N) is 1. The maximum atomic E-state index is 11.8. The molecule has 1 N–H and O–H groups in total. The summed E-state index contributed by atoms with van der Waals surface area (Å²) in [5, 5.41) is 2.15. The zero-order chi connectivity index (χ0) is 14.5. The van der Waals surface area contributed by atoms with E-state index >= 15 is 0 Å². The van der Waals surface area contributed by atoms with Gasteiger partial charge in [-0.1, -0.05) is 34.1 Å². The first-order chi connectivity index (χ1) is 9.56. The van der Waals surface area contributed by atoms with Gasteiger partial charge in [-0.2, -0.15) is 0 Å². The summed E-state index contributed by atoms with van der Waals surface area (Å²) < 4.78 is 6.50. The van der Waals surface area contributed by atoms with Crippen LogP contribution in [0.15, 0.2) is 57.5 Å². The van der Waals surface area contributed by atoms with E-state index in [1.165, 1.54) is 0 Å². The second kappa shape index (κ2) is 6.67. The van der Waals surface area contributed by atoms with Crippen molar-refractivity contribution in [2.24, 2.45) is 0 Å². The van der Waals surface area contributed by atoms with Gasteiger partial charge in [0.25, 0.3) is 5.91 Å². The van der Waals surface area contributed by atoms with Crippen molar-refractivity contribution in [2.75, 3.05) is 0 Å². The van der Waals surface area contributed by atoms with Crippen molar-refractivity contribution < 1.29 is 14.3 Å². The van der Waals surface area contributed by atoms with Gasteiger partial charge in [-0.15, -0.1) is 0 Å². The van der Waals surface area contributed by atoms with E-state index in [4.69, 9.17) is 4.74 Å². The molecule has 0 spiro atoms. The number of rotatable bonds is 2. The van der Waals surface area contributed by atoms with E-state index in [9.17, 15) is 9.59 Å². The molecule has 0 aliphatic heterocycles. The predicted octanol–water partition coefficient (Wildman–Crippen LogP) is 4.14. The van der Waals surface area contributed by atoms with Gasteiger partial charge in [0.1, 0.15) is 5.75 Å². The van der Waals surface area contributed by atoms with Gasteiger partial charge in [0.15, 0.2) is 0 Å². The second-order valence-electron chi connectivity index (χ2n) is 3.78. The summed E-state index contributed by atoms with van der Waals surface area (Å²) in [5.41, 5.74) is 0.388. The second-order valence-corrected chi connectivity index (χ2v) is 5.55. The van der Waals surface area contributed by atoms with Crippen LogP contribution in [0.25, 0.3) is 0 Å². The molecule has 0 aliphatic carbocycles. The summed E-state index contributed by atoms with van der Waals surface area (Å²) >= 11 is 6.56. The summed E-state index contributed by atoms with van der Waals surface area (Å²) in [7, 11) is 0. The van der Waals surface area contributed by atoms with E-state index in [0.29, 0.717) is 15.8 Å². The predicted molar refractivity (Wildman–Crippen MR) is 81.8 cm³/mol. The molecule has 6 heteroatoms. The van der Waals surface area contributed by atoms with Gasteiger partial charge in [-0.05, 0) is 46.3 Å². The van der Waals surface area contributed by atoms with E-state index in [2.05, 4.69) is 37.2 Å². The molecule has 0 aromatic heterocycles. The number of carbonyl (C=O) groups is 2. The van der Waals surface area contributed by atoms with Gasteiger partial charge >= 0.3 is 6.09 Å². The van der Waals surface area contributed by atoms with Crippen LogP contribution in [0.2, 0.25) is 0 Å². The minimum Gasteiger partial charge on any atom is -0.409 e. The standard InChI is InChI=1S/C14H9Br2NO3/c15-10-6-7-12(11(16)8-10)20-14(19)17-13(18)9-4-2-1-3-5-9/h1-8H,(H,17,18,19). The summed E-state index contributed by atoms with van der Waals surface area (Å²) in [4.78, 5) is 23.4. The van der Waals surface area contributed by atoms with Crippen LogP contribution < -0.4 is 10.1 Å². The lowest BCUT2D eigenvalue weighted by Gasteiger charge is -2.07. The SMILES string of the molecule is O=C(NC(=O)c1ccccc1)Oc1ccc(Br)cc1Br. The molecule has 0 saturated heterocycles. The lowest BCUT2D eigenvalue weighted by Crippen LogP contribution is -2.32. The number of amides is 2. The fraction of sp³-hybridized carbons (Fsp3) is 0. The normalized spacial score (nSPS) is 9.90. The van der Waals surface area contributed by atoms with Crippen LogP contribution in [0.3, 0.4) is 0 Å². The zero-order valence-corrected chi connectivity index (χ0v) is 13.3. The third-order valence-corrected chi connectivity index (χ3v) is 3.46. The van der Waals surface area contributed by atoms with E-state index in [1.54, 1.807) is 48.5 Å². The number of halogens is 2. The average Bonchev–Trinajstić information content (AvgIpc) is 2.43. The van der Waals surface area contributed by atoms with E-state index in [1.807, 2.05) is 0 Å². The van der Waals surface area contributed by atoms with Crippen LogP contribution in [0, 0.1) is 0 Å². The Hall–Kier alpha value is -1.66. The molecular formula is C14H9Br2NO3. The monoisotopic (exact) mass is 397 g/mol. The van der Waals surface area contributed by atoms with Gasteiger partial charge in [0, 0.05) is 10.0 Å². The quantitative estimate of drug-likeness (QED) is 0.826. The Labute approximate surface area is 132 Å². The van der Waals surface area contributed by atoms with Crippen LogP contribution in [0.1, 0.15) is 10.4 Å². The first-order valence-corrected chi connectivity index (χ1v) is 7.18. The Morgan fingerprint density at radius 2 is 1.70 bits per heavy atom. The number of carbonyl (C=O) groups excluding carboxylic acids is 2. The van der Waals surface area contributed by atoms with Crippen LogP contribution in [-0.4, -0.2) is 12.0 Å². The molecule has 20 heavy (non-hydrogen) atoms. The van der Waals surface area contributed by atoms with Crippen LogP contribution >= 0.6 is 31.9 Å². The van der Waals surface area contributed by atoms with Crippen molar-refractivity contribution in [3.63, 3.8) is 0 Å². The smallest absolute Gasteiger partial charge is 0.409 e. The lowest BCUT2D eigenvalue weighted by molar-refractivity contribution is 0.0951. The molecule has 0 fully saturated rings. The molecule has 102 valence electrons. The largest absolute Gasteiger partial charge is 0.419 e. The van der Waals surface area contributed by atoms with Crippen LogP contribution in [0.5, 0.6) is 5.75 Å². The van der Waals surface area contributed by atoms with E-state index < -0.39 is 12.0 Å². The highest BCUT2D eigenvalue weighted by molar-refractivity contribution is 9.11. The van der Waals surface area contributed by atoms with E-state index in [-0.39, 0.29) is 0 Å². The van der Waals surface area contributed by atoms with Gasteiger partial charge in [-0.25, -0.2) is 4.79 Å². The molecule has 2 aromatic rings. The molecule has 0 heterocycles. The number of hydrogen-bond acceptors (Lipinski definition) is 3. The number of benzene rings is 2. The van der Waals surface area contributed by atoms with Crippen molar-refractivity contribution >= 4 is 43.9 Å². The molecule has 0 saturated carbocycles. The van der Waals surface area contributed by atoms with Crippen molar-refractivity contribution in [3.05, 3.63) is 63.0 Å². The molecular weight excluding hydrogens is 390 g/mol. The average molecular weight is 399 g/mol. The van der Waals surface area contributed by atoms with Crippen molar-refractivity contribution in [1.29, 1.82) is 0 Å². The van der Waals surface area contributed by atoms with Crippen LogP contribution in [0.4, 0.5) is 4.79 Å². The number of ether oxygens (including phenoxy) is 1. The summed E-state index contributed by atoms with van der Waals surface area (Å²) in [6.45, 7) is 0. The Morgan fingerprint density at radius 3 is 2.35 bits per heavy atom. The first-order valence-electron chi connectivity index (χ1n) is 5.59.